The van der Waals surface area contributed by atoms with Crippen LogP contribution in [0.1, 0.15) is 24.2 Å². The van der Waals surface area contributed by atoms with Gasteiger partial charge in [0.15, 0.2) is 0 Å². The number of imide groups is 1. The minimum atomic E-state index is -1.27. The third-order valence-corrected chi connectivity index (χ3v) is 3.80. The first-order valence-corrected chi connectivity index (χ1v) is 8.66. The van der Waals surface area contributed by atoms with Crippen molar-refractivity contribution in [2.45, 2.75) is 13.0 Å². The lowest BCUT2D eigenvalue weighted by atomic mass is 10.1. The Hall–Kier alpha value is -3.12. The lowest BCUT2D eigenvalue weighted by Crippen LogP contribution is -2.42. The highest BCUT2D eigenvalue weighted by molar-refractivity contribution is 6.32. The molecule has 140 valence electrons. The number of nitrogens with one attached hydrogen (secondary N) is 2. The van der Waals surface area contributed by atoms with Gasteiger partial charge in [0.1, 0.15) is 0 Å². The molecule has 2 rings (SSSR count). The Balaban J connectivity index is 2.14. The number of benzene rings is 2. The summed E-state index contributed by atoms with van der Waals surface area (Å²) in [6.45, 7) is 2.08. The van der Waals surface area contributed by atoms with E-state index in [9.17, 15) is 14.4 Å². The number of halogens is 1. The first kappa shape index (κ1) is 20.2. The standard InChI is InChI=1S/C20H19ClN2O4/c1-2-22-20(26)23-19(25)18(15-9-4-3-5-10-15)27-17(24)13-12-14-8-6-7-11-16(14)21/h3-13,18H,2H2,1H3,(H2,22,23,25,26)/b13-12+/t18-/m1/s1. The summed E-state index contributed by atoms with van der Waals surface area (Å²) in [6, 6.07) is 14.8. The van der Waals surface area contributed by atoms with Gasteiger partial charge in [-0.15, -0.1) is 0 Å². The number of carbonyl (C=O) groups is 3. The summed E-state index contributed by atoms with van der Waals surface area (Å²) in [5.74, 6) is -1.48. The van der Waals surface area contributed by atoms with Gasteiger partial charge in [0, 0.05) is 23.2 Å². The van der Waals surface area contributed by atoms with E-state index in [-0.39, 0.29) is 0 Å². The second kappa shape index (κ2) is 10.1. The maximum atomic E-state index is 12.4. The van der Waals surface area contributed by atoms with Crippen LogP contribution in [-0.2, 0) is 14.3 Å². The number of esters is 1. The van der Waals surface area contributed by atoms with Gasteiger partial charge in [0.25, 0.3) is 5.91 Å². The van der Waals surface area contributed by atoms with Crippen LogP contribution in [0.4, 0.5) is 4.79 Å². The summed E-state index contributed by atoms with van der Waals surface area (Å²) < 4.78 is 5.28. The molecule has 2 aromatic carbocycles. The van der Waals surface area contributed by atoms with E-state index < -0.39 is 24.0 Å². The van der Waals surface area contributed by atoms with Crippen molar-refractivity contribution in [2.75, 3.05) is 6.54 Å². The van der Waals surface area contributed by atoms with Gasteiger partial charge in [-0.2, -0.15) is 0 Å². The summed E-state index contributed by atoms with van der Waals surface area (Å²) in [7, 11) is 0. The molecule has 0 aliphatic carbocycles. The lowest BCUT2D eigenvalue weighted by Gasteiger charge is -2.16. The van der Waals surface area contributed by atoms with Crippen molar-refractivity contribution >= 4 is 35.6 Å². The Labute approximate surface area is 162 Å². The second-order valence-corrected chi connectivity index (χ2v) is 5.84. The summed E-state index contributed by atoms with van der Waals surface area (Å²) in [6.07, 6.45) is 1.41. The van der Waals surface area contributed by atoms with Crippen molar-refractivity contribution in [1.29, 1.82) is 0 Å². The molecule has 0 bridgehead atoms. The van der Waals surface area contributed by atoms with Crippen LogP contribution >= 0.6 is 11.6 Å². The van der Waals surface area contributed by atoms with E-state index in [4.69, 9.17) is 16.3 Å². The minimum Gasteiger partial charge on any atom is -0.444 e. The Morgan fingerprint density at radius 3 is 2.41 bits per heavy atom. The largest absolute Gasteiger partial charge is 0.444 e. The molecule has 0 fully saturated rings. The predicted molar refractivity (Wildman–Crippen MR) is 103 cm³/mol. The maximum Gasteiger partial charge on any atom is 0.331 e. The Bertz CT molecular complexity index is 837. The number of hydrogen-bond donors (Lipinski definition) is 2. The van der Waals surface area contributed by atoms with Crippen LogP contribution < -0.4 is 10.6 Å². The van der Waals surface area contributed by atoms with Crippen LogP contribution in [0.2, 0.25) is 5.02 Å². The summed E-state index contributed by atoms with van der Waals surface area (Å²) in [4.78, 5) is 36.2. The Morgan fingerprint density at radius 2 is 1.74 bits per heavy atom. The van der Waals surface area contributed by atoms with E-state index in [1.807, 2.05) is 0 Å². The molecule has 27 heavy (non-hydrogen) atoms. The fourth-order valence-electron chi connectivity index (χ4n) is 2.21. The molecule has 0 aliphatic rings. The molecule has 2 aromatic rings. The molecule has 0 unspecified atom stereocenters. The average Bonchev–Trinajstić information content (AvgIpc) is 2.66. The van der Waals surface area contributed by atoms with Crippen LogP contribution in [0.25, 0.3) is 6.08 Å². The van der Waals surface area contributed by atoms with Gasteiger partial charge in [-0.05, 0) is 24.6 Å². The number of rotatable bonds is 6. The molecule has 7 heteroatoms. The van der Waals surface area contributed by atoms with Crippen molar-refractivity contribution < 1.29 is 19.1 Å². The van der Waals surface area contributed by atoms with Crippen molar-refractivity contribution in [3.8, 4) is 0 Å². The maximum absolute atomic E-state index is 12.4. The minimum absolute atomic E-state index is 0.357. The topological polar surface area (TPSA) is 84.5 Å². The van der Waals surface area contributed by atoms with Crippen LogP contribution in [0.3, 0.4) is 0 Å². The number of urea groups is 1. The second-order valence-electron chi connectivity index (χ2n) is 5.43. The van der Waals surface area contributed by atoms with E-state index in [1.165, 1.54) is 12.2 Å². The molecule has 0 aliphatic heterocycles. The highest BCUT2D eigenvalue weighted by atomic mass is 35.5. The van der Waals surface area contributed by atoms with Crippen molar-refractivity contribution in [3.63, 3.8) is 0 Å². The van der Waals surface area contributed by atoms with Crippen LogP contribution in [0.5, 0.6) is 0 Å². The monoisotopic (exact) mass is 386 g/mol. The van der Waals surface area contributed by atoms with Gasteiger partial charge < -0.3 is 10.1 Å². The molecule has 2 N–H and O–H groups in total. The molecule has 0 radical (unpaired) electrons. The van der Waals surface area contributed by atoms with Crippen LogP contribution in [0, 0.1) is 0 Å². The zero-order chi connectivity index (χ0) is 19.6. The van der Waals surface area contributed by atoms with Crippen LogP contribution in [0.15, 0.2) is 60.7 Å². The molecular weight excluding hydrogens is 368 g/mol. The number of ether oxygens (including phenoxy) is 1. The first-order chi connectivity index (χ1) is 13.0. The van der Waals surface area contributed by atoms with E-state index in [1.54, 1.807) is 61.5 Å². The highest BCUT2D eigenvalue weighted by Crippen LogP contribution is 2.19. The molecule has 3 amide bonds. The average molecular weight is 387 g/mol. The van der Waals surface area contributed by atoms with E-state index >= 15 is 0 Å². The Morgan fingerprint density at radius 1 is 1.07 bits per heavy atom. The summed E-state index contributed by atoms with van der Waals surface area (Å²) in [5, 5.41) is 5.09. The first-order valence-electron chi connectivity index (χ1n) is 8.28. The van der Waals surface area contributed by atoms with Crippen LogP contribution in [-0.4, -0.2) is 24.5 Å². The third kappa shape index (κ3) is 6.27. The molecule has 0 aromatic heterocycles. The molecule has 6 nitrogen and oxygen atoms in total. The molecule has 0 heterocycles. The van der Waals surface area contributed by atoms with Gasteiger partial charge in [-0.25, -0.2) is 9.59 Å². The summed E-state index contributed by atoms with van der Waals surface area (Å²) >= 11 is 6.03. The third-order valence-electron chi connectivity index (χ3n) is 3.45. The van der Waals surface area contributed by atoms with E-state index in [2.05, 4.69) is 10.6 Å². The van der Waals surface area contributed by atoms with Gasteiger partial charge in [0.05, 0.1) is 0 Å². The van der Waals surface area contributed by atoms with Gasteiger partial charge in [-0.3, -0.25) is 10.1 Å². The van der Waals surface area contributed by atoms with Gasteiger partial charge in [0.2, 0.25) is 6.10 Å². The SMILES string of the molecule is CCNC(=O)NC(=O)[C@H](OC(=O)/C=C/c1ccccc1Cl)c1ccccc1. The number of carbonyl (C=O) groups excluding carboxylic acids is 3. The number of amides is 3. The fourth-order valence-corrected chi connectivity index (χ4v) is 2.41. The van der Waals surface area contributed by atoms with E-state index in [0.717, 1.165) is 0 Å². The predicted octanol–water partition coefficient (Wildman–Crippen LogP) is 3.48. The molecular formula is C20H19ClN2O4. The normalized spacial score (nSPS) is 11.6. The van der Waals surface area contributed by atoms with E-state index in [0.29, 0.717) is 22.7 Å². The zero-order valence-corrected chi connectivity index (χ0v) is 15.4. The smallest absolute Gasteiger partial charge is 0.331 e. The molecule has 1 atom stereocenters. The van der Waals surface area contributed by atoms with Crippen molar-refractivity contribution in [3.05, 3.63) is 76.8 Å². The quantitative estimate of drug-likeness (QED) is 0.588. The highest BCUT2D eigenvalue weighted by Gasteiger charge is 2.25. The number of hydrogen-bond acceptors (Lipinski definition) is 4. The summed E-state index contributed by atoms with van der Waals surface area (Å²) in [5.41, 5.74) is 1.08. The van der Waals surface area contributed by atoms with Crippen molar-refractivity contribution in [1.82, 2.24) is 10.6 Å². The molecule has 0 saturated carbocycles. The van der Waals surface area contributed by atoms with Crippen molar-refractivity contribution in [2.24, 2.45) is 0 Å². The zero-order valence-electron chi connectivity index (χ0n) is 14.6. The molecule has 0 saturated heterocycles. The Kier molecular flexibility index (Phi) is 7.58. The lowest BCUT2D eigenvalue weighted by molar-refractivity contribution is -0.151. The van der Waals surface area contributed by atoms with Gasteiger partial charge >= 0.3 is 12.0 Å². The van der Waals surface area contributed by atoms with Gasteiger partial charge in [-0.1, -0.05) is 60.1 Å². The fraction of sp³-hybridized carbons (Fsp3) is 0.150. The molecule has 0 spiro atoms.